The molecule has 0 fully saturated rings. The van der Waals surface area contributed by atoms with Gasteiger partial charge in [0.25, 0.3) is 0 Å². The minimum Gasteiger partial charge on any atom is -0.465 e. The zero-order valence-corrected chi connectivity index (χ0v) is 8.70. The summed E-state index contributed by atoms with van der Waals surface area (Å²) in [6, 6.07) is 10.4. The van der Waals surface area contributed by atoms with Crippen molar-refractivity contribution < 1.29 is 4.74 Å². The Hall–Kier alpha value is -1.24. The normalized spacial score (nSPS) is 10.6. The highest BCUT2D eigenvalue weighted by molar-refractivity contribution is 5.21. The van der Waals surface area contributed by atoms with Crippen molar-refractivity contribution in [2.24, 2.45) is 0 Å². The molecule has 0 unspecified atom stereocenters. The number of rotatable bonds is 6. The van der Waals surface area contributed by atoms with E-state index in [2.05, 4.69) is 19.1 Å². The van der Waals surface area contributed by atoms with E-state index in [0.29, 0.717) is 0 Å². The van der Waals surface area contributed by atoms with Crippen molar-refractivity contribution in [1.82, 2.24) is 0 Å². The largest absolute Gasteiger partial charge is 0.465 e. The average molecular weight is 189 g/mol. The van der Waals surface area contributed by atoms with Gasteiger partial charge in [0.15, 0.2) is 0 Å². The molecule has 0 atom stereocenters. The van der Waals surface area contributed by atoms with Crippen LogP contribution in [-0.2, 0) is 0 Å². The van der Waals surface area contributed by atoms with Gasteiger partial charge in [0.05, 0.1) is 6.26 Å². The predicted molar refractivity (Wildman–Crippen MR) is 59.2 cm³/mol. The topological polar surface area (TPSA) is 9.23 Å². The first kappa shape index (κ1) is 10.8. The van der Waals surface area contributed by atoms with Crippen LogP contribution < -0.4 is 4.74 Å². The summed E-state index contributed by atoms with van der Waals surface area (Å²) >= 11 is 0. The summed E-state index contributed by atoms with van der Waals surface area (Å²) in [5.41, 5.74) is 0. The summed E-state index contributed by atoms with van der Waals surface area (Å²) in [6.45, 7) is 2.21. The highest BCUT2D eigenvalue weighted by Crippen LogP contribution is 2.08. The molecule has 1 nitrogen and oxygen atoms in total. The Morgan fingerprint density at radius 1 is 1.29 bits per heavy atom. The van der Waals surface area contributed by atoms with Gasteiger partial charge in [0.2, 0.25) is 0 Å². The van der Waals surface area contributed by atoms with Crippen molar-refractivity contribution in [3.63, 3.8) is 0 Å². The molecule has 0 aliphatic heterocycles. The monoisotopic (exact) mass is 189 g/mol. The quantitative estimate of drug-likeness (QED) is 0.486. The Balaban J connectivity index is 2.14. The van der Waals surface area contributed by atoms with Gasteiger partial charge in [-0.3, -0.25) is 0 Å². The zero-order chi connectivity index (χ0) is 10.1. The maximum atomic E-state index is 5.39. The van der Waals surface area contributed by atoms with Gasteiger partial charge in [-0.25, -0.2) is 0 Å². The molecule has 1 aromatic rings. The van der Waals surface area contributed by atoms with Crippen LogP contribution in [0.2, 0.25) is 0 Å². The smallest absolute Gasteiger partial charge is 0.126 e. The molecular weight excluding hydrogens is 172 g/mol. The summed E-state index contributed by atoms with van der Waals surface area (Å²) < 4.78 is 5.39. The van der Waals surface area contributed by atoms with Crippen LogP contribution in [-0.4, -0.2) is 0 Å². The standard InChI is InChI=1S/C13H17O/c1-2-3-4-5-9-12-14-13-10-7-6-8-11-13/h7-12H,2-5H2,1H3. The molecule has 1 aromatic carbocycles. The van der Waals surface area contributed by atoms with E-state index in [9.17, 15) is 0 Å². The second-order valence-electron chi connectivity index (χ2n) is 3.22. The van der Waals surface area contributed by atoms with Gasteiger partial charge in [0, 0.05) is 0 Å². The lowest BCUT2D eigenvalue weighted by molar-refractivity contribution is 0.478. The molecule has 0 spiro atoms. The lowest BCUT2D eigenvalue weighted by atomic mass is 10.2. The van der Waals surface area contributed by atoms with Crippen molar-refractivity contribution in [3.8, 4) is 5.75 Å². The van der Waals surface area contributed by atoms with Crippen LogP contribution in [0.1, 0.15) is 32.6 Å². The van der Waals surface area contributed by atoms with E-state index >= 15 is 0 Å². The Labute approximate surface area is 86.4 Å². The van der Waals surface area contributed by atoms with Crippen LogP contribution in [0.5, 0.6) is 5.75 Å². The molecule has 0 aromatic heterocycles. The van der Waals surface area contributed by atoms with Crippen LogP contribution in [0.4, 0.5) is 0 Å². The number of ether oxygens (including phenoxy) is 1. The first-order valence-corrected chi connectivity index (χ1v) is 5.21. The highest BCUT2D eigenvalue weighted by Gasteiger charge is 1.86. The highest BCUT2D eigenvalue weighted by atomic mass is 16.5. The number of allylic oxidation sites excluding steroid dienone is 1. The Morgan fingerprint density at radius 2 is 2.07 bits per heavy atom. The fourth-order valence-electron chi connectivity index (χ4n) is 1.16. The summed E-state index contributed by atoms with van der Waals surface area (Å²) in [5, 5.41) is 0. The first-order chi connectivity index (χ1) is 6.93. The molecule has 1 rings (SSSR count). The van der Waals surface area contributed by atoms with Crippen LogP contribution in [0.3, 0.4) is 0 Å². The Kier molecular flexibility index (Phi) is 5.57. The van der Waals surface area contributed by atoms with E-state index in [4.69, 9.17) is 4.74 Å². The second-order valence-corrected chi connectivity index (χ2v) is 3.22. The molecule has 0 amide bonds. The van der Waals surface area contributed by atoms with E-state index in [1.54, 1.807) is 6.26 Å². The minimum absolute atomic E-state index is 0.871. The molecule has 0 bridgehead atoms. The van der Waals surface area contributed by atoms with Gasteiger partial charge >= 0.3 is 0 Å². The molecule has 0 saturated heterocycles. The van der Waals surface area contributed by atoms with E-state index in [-0.39, 0.29) is 0 Å². The molecule has 0 aliphatic rings. The maximum absolute atomic E-state index is 5.39. The van der Waals surface area contributed by atoms with Gasteiger partial charge in [-0.1, -0.05) is 31.9 Å². The third kappa shape index (κ3) is 4.70. The molecule has 0 aliphatic carbocycles. The SMILES string of the molecule is CCCCCC=COc1cc[c]cc1. The van der Waals surface area contributed by atoms with Crippen LogP contribution in [0.25, 0.3) is 0 Å². The molecule has 0 saturated carbocycles. The predicted octanol–water partition coefficient (Wildman–Crippen LogP) is 3.96. The van der Waals surface area contributed by atoms with Crippen molar-refractivity contribution in [1.29, 1.82) is 0 Å². The summed E-state index contributed by atoms with van der Waals surface area (Å²) in [7, 11) is 0. The minimum atomic E-state index is 0.871. The first-order valence-electron chi connectivity index (χ1n) is 5.21. The van der Waals surface area contributed by atoms with Crippen LogP contribution >= 0.6 is 0 Å². The fraction of sp³-hybridized carbons (Fsp3) is 0.385. The Morgan fingerprint density at radius 3 is 2.79 bits per heavy atom. The summed E-state index contributed by atoms with van der Waals surface area (Å²) in [6.07, 6.45) is 8.76. The van der Waals surface area contributed by atoms with Gasteiger partial charge in [0.1, 0.15) is 5.75 Å². The molecule has 14 heavy (non-hydrogen) atoms. The molecule has 0 N–H and O–H groups in total. The fourth-order valence-corrected chi connectivity index (χ4v) is 1.16. The third-order valence-corrected chi connectivity index (χ3v) is 1.96. The third-order valence-electron chi connectivity index (χ3n) is 1.96. The number of unbranched alkanes of at least 4 members (excludes halogenated alkanes) is 3. The molecular formula is C13H17O. The van der Waals surface area contributed by atoms with Crippen molar-refractivity contribution in [2.45, 2.75) is 32.6 Å². The number of hydrogen-bond donors (Lipinski definition) is 0. The van der Waals surface area contributed by atoms with E-state index in [0.717, 1.165) is 12.2 Å². The molecule has 1 heteroatoms. The lowest BCUT2D eigenvalue weighted by Gasteiger charge is -1.97. The zero-order valence-electron chi connectivity index (χ0n) is 8.70. The molecule has 0 heterocycles. The van der Waals surface area contributed by atoms with Gasteiger partial charge in [-0.15, -0.1) is 0 Å². The Bertz CT molecular complexity index is 251. The average Bonchev–Trinajstić information content (AvgIpc) is 2.25. The van der Waals surface area contributed by atoms with E-state index < -0.39 is 0 Å². The molecule has 75 valence electrons. The van der Waals surface area contributed by atoms with Crippen molar-refractivity contribution in [2.75, 3.05) is 0 Å². The van der Waals surface area contributed by atoms with Crippen LogP contribution in [0, 0.1) is 6.07 Å². The lowest BCUT2D eigenvalue weighted by Crippen LogP contribution is -1.80. The van der Waals surface area contributed by atoms with Crippen molar-refractivity contribution in [3.05, 3.63) is 42.7 Å². The second kappa shape index (κ2) is 7.19. The van der Waals surface area contributed by atoms with Gasteiger partial charge < -0.3 is 4.74 Å². The molecule has 1 radical (unpaired) electrons. The van der Waals surface area contributed by atoms with E-state index in [1.165, 1.54) is 19.3 Å². The summed E-state index contributed by atoms with van der Waals surface area (Å²) in [5.74, 6) is 0.871. The number of hydrogen-bond acceptors (Lipinski definition) is 1. The van der Waals surface area contributed by atoms with Crippen LogP contribution in [0.15, 0.2) is 36.6 Å². The maximum Gasteiger partial charge on any atom is 0.126 e. The van der Waals surface area contributed by atoms with Gasteiger partial charge in [-0.05, 0) is 37.1 Å². The van der Waals surface area contributed by atoms with E-state index in [1.807, 2.05) is 24.3 Å². The van der Waals surface area contributed by atoms with Crippen molar-refractivity contribution >= 4 is 0 Å². The number of benzene rings is 1. The summed E-state index contributed by atoms with van der Waals surface area (Å²) in [4.78, 5) is 0. The van der Waals surface area contributed by atoms with Gasteiger partial charge in [-0.2, -0.15) is 0 Å².